The molecule has 0 spiro atoms. The van der Waals surface area contributed by atoms with Gasteiger partial charge >= 0.3 is 0 Å². The van der Waals surface area contributed by atoms with E-state index < -0.39 is 8.07 Å². The molecule has 3 aliphatic heterocycles. The van der Waals surface area contributed by atoms with Crippen LogP contribution in [0.4, 0.5) is 45.5 Å². The largest absolute Gasteiger partial charge is 0.334 e. The van der Waals surface area contributed by atoms with Crippen LogP contribution in [0, 0.1) is 10.8 Å². The van der Waals surface area contributed by atoms with Gasteiger partial charge in [-0.15, -0.1) is 0 Å². The molecule has 0 amide bonds. The first-order chi connectivity index (χ1) is 34.4. The zero-order valence-electron chi connectivity index (χ0n) is 48.2. The average Bonchev–Trinajstić information content (AvgIpc) is 3.50. The predicted octanol–water partition coefficient (Wildman–Crippen LogP) is 16.9. The molecule has 0 aromatic heterocycles. The smallest absolute Gasteiger partial charge is 0.252 e. The second-order valence-electron chi connectivity index (χ2n) is 28.8. The number of hydrogen-bond acceptors (Lipinski definition) is 3. The Labute approximate surface area is 447 Å². The molecule has 4 aliphatic rings. The summed E-state index contributed by atoms with van der Waals surface area (Å²) in [5.74, 6) is 0. The quantitative estimate of drug-likeness (QED) is 0.159. The Balaban J connectivity index is 1.29. The molecule has 2 atom stereocenters. The van der Waals surface area contributed by atoms with Gasteiger partial charge in [-0.25, -0.2) is 0 Å². The van der Waals surface area contributed by atoms with Crippen LogP contribution in [0.1, 0.15) is 139 Å². The van der Waals surface area contributed by atoms with E-state index in [-0.39, 0.29) is 44.7 Å². The SMILES string of the molecule is CC(C)(C)c1ccc(N2c3ccc(C(C)(C)C)cc3B3c4ccccc4N(c4ccc(C(C)(C)C)cc4-c4ccccc4)c4cc(N5c6ccc([Si](C)(C)C)cc6C6(C)CC(C)(C)C(C)(C)C[C@]56C)cc2c43)cc1. The van der Waals surface area contributed by atoms with Crippen molar-refractivity contribution in [1.82, 2.24) is 0 Å². The first kappa shape index (κ1) is 50.4. The Hall–Kier alpha value is -5.78. The minimum atomic E-state index is -1.66. The van der Waals surface area contributed by atoms with E-state index in [9.17, 15) is 0 Å². The highest BCUT2D eigenvalue weighted by Crippen LogP contribution is 2.68. The van der Waals surface area contributed by atoms with Gasteiger partial charge in [0.15, 0.2) is 0 Å². The minimum Gasteiger partial charge on any atom is -0.334 e. The van der Waals surface area contributed by atoms with E-state index in [2.05, 4.69) is 284 Å². The molecule has 7 aromatic rings. The van der Waals surface area contributed by atoms with E-state index in [0.717, 1.165) is 12.8 Å². The zero-order valence-corrected chi connectivity index (χ0v) is 49.2. The fourth-order valence-corrected chi connectivity index (χ4v) is 15.0. The Morgan fingerprint density at radius 2 is 0.973 bits per heavy atom. The highest BCUT2D eigenvalue weighted by molar-refractivity contribution is 7.00. The first-order valence-corrected chi connectivity index (χ1v) is 31.2. The third-order valence-corrected chi connectivity index (χ3v) is 21.1. The summed E-state index contributed by atoms with van der Waals surface area (Å²) in [6.07, 6.45) is 2.17. The summed E-state index contributed by atoms with van der Waals surface area (Å²) in [6, 6.07) is 57.7. The van der Waals surface area contributed by atoms with Crippen molar-refractivity contribution in [3.05, 3.63) is 168 Å². The predicted molar refractivity (Wildman–Crippen MR) is 326 cm³/mol. The van der Waals surface area contributed by atoms with Gasteiger partial charge in [0, 0.05) is 50.8 Å². The maximum absolute atomic E-state index is 2.86. The molecule has 3 nitrogen and oxygen atoms in total. The number of rotatable bonds is 5. The molecule has 74 heavy (non-hydrogen) atoms. The lowest BCUT2D eigenvalue weighted by molar-refractivity contribution is -0.0311. The molecule has 0 saturated heterocycles. The van der Waals surface area contributed by atoms with Gasteiger partial charge < -0.3 is 14.7 Å². The van der Waals surface area contributed by atoms with Crippen LogP contribution in [0.15, 0.2) is 146 Å². The Kier molecular flexibility index (Phi) is 11.1. The summed E-state index contributed by atoms with van der Waals surface area (Å²) >= 11 is 0. The van der Waals surface area contributed by atoms with Gasteiger partial charge in [-0.1, -0.05) is 213 Å². The van der Waals surface area contributed by atoms with Crippen LogP contribution in [0.5, 0.6) is 0 Å². The van der Waals surface area contributed by atoms with Crippen LogP contribution in [-0.2, 0) is 21.7 Å². The summed E-state index contributed by atoms with van der Waals surface area (Å²) in [5.41, 5.74) is 21.9. The van der Waals surface area contributed by atoms with Gasteiger partial charge in [-0.3, -0.25) is 0 Å². The van der Waals surface area contributed by atoms with E-state index in [0.29, 0.717) is 0 Å². The van der Waals surface area contributed by atoms with Gasteiger partial charge in [0.1, 0.15) is 0 Å². The lowest BCUT2D eigenvalue weighted by Gasteiger charge is -2.61. The topological polar surface area (TPSA) is 9.72 Å². The number of fused-ring (bicyclic) bond motifs is 7. The fourth-order valence-electron chi connectivity index (χ4n) is 13.9. The zero-order chi connectivity index (χ0) is 53.1. The summed E-state index contributed by atoms with van der Waals surface area (Å²) < 4.78 is 0. The van der Waals surface area contributed by atoms with Crippen LogP contribution >= 0.6 is 0 Å². The molecule has 0 bridgehead atoms. The summed E-state index contributed by atoms with van der Waals surface area (Å²) in [7, 11) is -1.66. The number of nitrogens with zero attached hydrogens (tertiary/aromatic N) is 3. The van der Waals surface area contributed by atoms with Crippen molar-refractivity contribution in [2.45, 2.75) is 164 Å². The molecule has 1 fully saturated rings. The normalized spacial score (nSPS) is 20.7. The molecule has 1 saturated carbocycles. The maximum atomic E-state index is 2.86. The minimum absolute atomic E-state index is 0.00152. The number of anilines is 8. The first-order valence-electron chi connectivity index (χ1n) is 27.7. The maximum Gasteiger partial charge on any atom is 0.252 e. The Morgan fingerprint density at radius 1 is 0.446 bits per heavy atom. The number of hydrogen-bond donors (Lipinski definition) is 0. The lowest BCUT2D eigenvalue weighted by Crippen LogP contribution is -2.63. The van der Waals surface area contributed by atoms with Crippen molar-refractivity contribution in [3.63, 3.8) is 0 Å². The molecule has 1 aliphatic carbocycles. The van der Waals surface area contributed by atoms with Crippen molar-refractivity contribution in [1.29, 1.82) is 0 Å². The van der Waals surface area contributed by atoms with E-state index in [1.807, 2.05) is 0 Å². The number of benzene rings is 7. The fraction of sp³-hybridized carbons (Fsp3) is 0.391. The Morgan fingerprint density at radius 3 is 1.59 bits per heavy atom. The van der Waals surface area contributed by atoms with Gasteiger partial charge in [0.2, 0.25) is 0 Å². The van der Waals surface area contributed by atoms with Crippen molar-refractivity contribution >= 4 is 81.9 Å². The van der Waals surface area contributed by atoms with Gasteiger partial charge in [-0.05, 0) is 146 Å². The molecular weight excluding hydrogens is 910 g/mol. The van der Waals surface area contributed by atoms with Crippen LogP contribution in [0.3, 0.4) is 0 Å². The van der Waals surface area contributed by atoms with Crippen molar-refractivity contribution < 1.29 is 0 Å². The van der Waals surface area contributed by atoms with Crippen LogP contribution < -0.4 is 36.3 Å². The second-order valence-corrected chi connectivity index (χ2v) is 33.9. The summed E-state index contributed by atoms with van der Waals surface area (Å²) in [4.78, 5) is 8.17. The Bertz CT molecular complexity index is 3380. The second kappa shape index (κ2) is 16.4. The molecule has 0 radical (unpaired) electrons. The highest BCUT2D eigenvalue weighted by atomic mass is 28.3. The van der Waals surface area contributed by atoms with Crippen LogP contribution in [-0.4, -0.2) is 20.3 Å². The van der Waals surface area contributed by atoms with E-state index in [4.69, 9.17) is 0 Å². The average molecular weight is 992 g/mol. The molecule has 1 unspecified atom stereocenters. The number of para-hydroxylation sites is 1. The van der Waals surface area contributed by atoms with E-state index >= 15 is 0 Å². The summed E-state index contributed by atoms with van der Waals surface area (Å²) in [5, 5.41) is 1.54. The molecule has 380 valence electrons. The molecule has 7 aromatic carbocycles. The van der Waals surface area contributed by atoms with Crippen LogP contribution in [0.2, 0.25) is 19.6 Å². The van der Waals surface area contributed by atoms with Crippen LogP contribution in [0.25, 0.3) is 11.1 Å². The van der Waals surface area contributed by atoms with Gasteiger partial charge in [0.25, 0.3) is 6.71 Å². The molecule has 3 heterocycles. The van der Waals surface area contributed by atoms with Crippen molar-refractivity contribution in [3.8, 4) is 11.1 Å². The molecular formula is C69H82BN3Si. The van der Waals surface area contributed by atoms with E-state index in [1.165, 1.54) is 95.3 Å². The monoisotopic (exact) mass is 992 g/mol. The van der Waals surface area contributed by atoms with Gasteiger partial charge in [0.05, 0.1) is 19.3 Å². The molecule has 5 heteroatoms. The molecule has 0 N–H and O–H groups in total. The van der Waals surface area contributed by atoms with Crippen molar-refractivity contribution in [2.24, 2.45) is 10.8 Å². The van der Waals surface area contributed by atoms with E-state index in [1.54, 1.807) is 5.19 Å². The summed E-state index contributed by atoms with van der Waals surface area (Å²) in [6.45, 7) is 44.0. The van der Waals surface area contributed by atoms with Gasteiger partial charge in [-0.2, -0.15) is 0 Å². The highest BCUT2D eigenvalue weighted by Gasteiger charge is 2.65. The molecule has 11 rings (SSSR count). The third-order valence-electron chi connectivity index (χ3n) is 19.1. The third kappa shape index (κ3) is 7.62. The standard InChI is InChI=1S/C69H82BN3Si/c1-63(2,3)46-28-32-49(33-29-46)71-59-36-31-48(65(7,8)9)39-55(59)70-54-26-22-23-27-58(54)72(56-35-30-47(64(4,5)6)38-52(56)45-24-20-19-21-25-45)61-41-50(40-60(71)62(61)70)73-57-37-34-51(74(16,17)18)42-53(57)68(14)43-66(10,11)67(12,13)44-69(68,73)15/h19-42H,43-44H2,1-18H3/t68?,69-/m0/s1. The lowest BCUT2D eigenvalue weighted by atomic mass is 9.33. The van der Waals surface area contributed by atoms with Crippen molar-refractivity contribution in [2.75, 3.05) is 14.7 Å².